The molecule has 0 aromatic heterocycles. The van der Waals surface area contributed by atoms with E-state index in [4.69, 9.17) is 19.9 Å². The molecule has 1 unspecified atom stereocenters. The maximum Gasteiger partial charge on any atom is 0.203 e. The van der Waals surface area contributed by atoms with Crippen molar-refractivity contribution in [3.63, 3.8) is 0 Å². The number of hydrogen-bond donors (Lipinski definition) is 1. The molecule has 0 bridgehead atoms. The van der Waals surface area contributed by atoms with Crippen molar-refractivity contribution in [1.29, 1.82) is 0 Å². The summed E-state index contributed by atoms with van der Waals surface area (Å²) in [6, 6.07) is 4.08. The fourth-order valence-electron chi connectivity index (χ4n) is 1.94. The summed E-state index contributed by atoms with van der Waals surface area (Å²) in [6.07, 6.45) is 1.69. The van der Waals surface area contributed by atoms with Crippen LogP contribution in [-0.2, 0) is 6.42 Å². The van der Waals surface area contributed by atoms with Crippen LogP contribution in [0.5, 0.6) is 17.2 Å². The monoisotopic (exact) mass is 237 g/mol. The van der Waals surface area contributed by atoms with Crippen molar-refractivity contribution in [3.8, 4) is 17.2 Å². The molecule has 1 aromatic carbocycles. The minimum atomic E-state index is 0.115. The third kappa shape index (κ3) is 2.82. The third-order valence-electron chi connectivity index (χ3n) is 2.65. The second-order valence-corrected chi connectivity index (χ2v) is 4.36. The van der Waals surface area contributed by atoms with Crippen molar-refractivity contribution >= 4 is 0 Å². The average molecular weight is 237 g/mol. The van der Waals surface area contributed by atoms with E-state index in [0.717, 1.165) is 29.9 Å². The van der Waals surface area contributed by atoms with E-state index < -0.39 is 0 Å². The van der Waals surface area contributed by atoms with E-state index in [0.29, 0.717) is 19.0 Å². The molecule has 2 rings (SSSR count). The van der Waals surface area contributed by atoms with E-state index in [1.54, 1.807) is 7.11 Å². The predicted molar refractivity (Wildman–Crippen MR) is 66.0 cm³/mol. The molecule has 94 valence electrons. The van der Waals surface area contributed by atoms with Gasteiger partial charge in [0.05, 0.1) is 20.3 Å². The number of benzene rings is 1. The maximum absolute atomic E-state index is 5.81. The normalized spacial score (nSPS) is 16.2. The fraction of sp³-hybridized carbons (Fsp3) is 0.538. The largest absolute Gasteiger partial charge is 0.493 e. The predicted octanol–water partition coefficient (Wildman–Crippen LogP) is 1.75. The van der Waals surface area contributed by atoms with Crippen molar-refractivity contribution in [3.05, 3.63) is 17.7 Å². The summed E-state index contributed by atoms with van der Waals surface area (Å²) in [5.41, 5.74) is 6.92. The Balaban J connectivity index is 2.36. The van der Waals surface area contributed by atoms with Gasteiger partial charge in [0, 0.05) is 12.5 Å². The molecule has 17 heavy (non-hydrogen) atoms. The van der Waals surface area contributed by atoms with Crippen molar-refractivity contribution in [2.45, 2.75) is 25.8 Å². The first kappa shape index (κ1) is 12.0. The van der Waals surface area contributed by atoms with Crippen LogP contribution in [0.2, 0.25) is 0 Å². The zero-order valence-corrected chi connectivity index (χ0v) is 10.4. The molecule has 4 heteroatoms. The molecule has 2 N–H and O–H groups in total. The smallest absolute Gasteiger partial charge is 0.203 e. The van der Waals surface area contributed by atoms with Crippen molar-refractivity contribution in [2.24, 2.45) is 5.73 Å². The first-order chi connectivity index (χ1) is 8.20. The number of hydrogen-bond acceptors (Lipinski definition) is 4. The van der Waals surface area contributed by atoms with Gasteiger partial charge in [-0.3, -0.25) is 0 Å². The Bertz CT molecular complexity index is 390. The summed E-state index contributed by atoms with van der Waals surface area (Å²) in [4.78, 5) is 0. The lowest BCUT2D eigenvalue weighted by atomic mass is 10.1. The number of nitrogens with two attached hydrogens (primary N) is 1. The molecular formula is C13H19NO3. The van der Waals surface area contributed by atoms with Gasteiger partial charge in [0.2, 0.25) is 5.75 Å². The van der Waals surface area contributed by atoms with E-state index in [-0.39, 0.29) is 6.04 Å². The standard InChI is InChI=1S/C13H19NO3/c1-9(14)6-10-7-11(15-2)13-12(8-10)16-4-3-5-17-13/h7-9H,3-6,14H2,1-2H3. The van der Waals surface area contributed by atoms with Crippen LogP contribution in [0, 0.1) is 0 Å². The first-order valence-electron chi connectivity index (χ1n) is 5.93. The van der Waals surface area contributed by atoms with Crippen LogP contribution in [0.1, 0.15) is 18.9 Å². The minimum absolute atomic E-state index is 0.115. The van der Waals surface area contributed by atoms with Gasteiger partial charge in [0.1, 0.15) is 0 Å². The molecule has 4 nitrogen and oxygen atoms in total. The molecule has 0 amide bonds. The summed E-state index contributed by atoms with van der Waals surface area (Å²) in [7, 11) is 1.64. The molecule has 1 atom stereocenters. The Kier molecular flexibility index (Phi) is 3.74. The van der Waals surface area contributed by atoms with Gasteiger partial charge in [-0.15, -0.1) is 0 Å². The Hall–Kier alpha value is -1.42. The van der Waals surface area contributed by atoms with Crippen molar-refractivity contribution in [2.75, 3.05) is 20.3 Å². The molecule has 0 saturated carbocycles. The highest BCUT2D eigenvalue weighted by Crippen LogP contribution is 2.40. The maximum atomic E-state index is 5.81. The lowest BCUT2D eigenvalue weighted by molar-refractivity contribution is 0.289. The number of fused-ring (bicyclic) bond motifs is 1. The van der Waals surface area contributed by atoms with Crippen LogP contribution in [0.4, 0.5) is 0 Å². The van der Waals surface area contributed by atoms with E-state index in [9.17, 15) is 0 Å². The van der Waals surface area contributed by atoms with Crippen LogP contribution in [0.3, 0.4) is 0 Å². The van der Waals surface area contributed by atoms with Gasteiger partial charge in [0.25, 0.3) is 0 Å². The van der Waals surface area contributed by atoms with Gasteiger partial charge in [-0.25, -0.2) is 0 Å². The van der Waals surface area contributed by atoms with Gasteiger partial charge < -0.3 is 19.9 Å². The lowest BCUT2D eigenvalue weighted by Gasteiger charge is -2.14. The molecular weight excluding hydrogens is 218 g/mol. The van der Waals surface area contributed by atoms with Gasteiger partial charge >= 0.3 is 0 Å². The Morgan fingerprint density at radius 2 is 2.12 bits per heavy atom. The Morgan fingerprint density at radius 3 is 2.82 bits per heavy atom. The molecule has 0 aliphatic carbocycles. The highest BCUT2D eigenvalue weighted by molar-refractivity contribution is 5.54. The van der Waals surface area contributed by atoms with Crippen LogP contribution in [0.25, 0.3) is 0 Å². The average Bonchev–Trinajstić information content (AvgIpc) is 2.52. The third-order valence-corrected chi connectivity index (χ3v) is 2.65. The van der Waals surface area contributed by atoms with Gasteiger partial charge in [0.15, 0.2) is 11.5 Å². The summed E-state index contributed by atoms with van der Waals surface area (Å²) in [6.45, 7) is 3.32. The molecule has 1 aliphatic heterocycles. The second-order valence-electron chi connectivity index (χ2n) is 4.36. The molecule has 0 saturated heterocycles. The van der Waals surface area contributed by atoms with Crippen molar-refractivity contribution < 1.29 is 14.2 Å². The molecule has 0 fully saturated rings. The lowest BCUT2D eigenvalue weighted by Crippen LogP contribution is -2.17. The number of methoxy groups -OCH3 is 1. The molecule has 1 heterocycles. The molecule has 1 aromatic rings. The van der Waals surface area contributed by atoms with Crippen LogP contribution in [-0.4, -0.2) is 26.4 Å². The van der Waals surface area contributed by atoms with Gasteiger partial charge in [-0.1, -0.05) is 0 Å². The highest BCUT2D eigenvalue weighted by Gasteiger charge is 2.17. The minimum Gasteiger partial charge on any atom is -0.493 e. The van der Waals surface area contributed by atoms with Gasteiger partial charge in [-0.05, 0) is 31.0 Å². The molecule has 0 radical (unpaired) electrons. The Labute approximate surface area is 102 Å². The summed E-state index contributed by atoms with van der Waals surface area (Å²) >= 11 is 0. The zero-order chi connectivity index (χ0) is 12.3. The van der Waals surface area contributed by atoms with E-state index in [2.05, 4.69) is 0 Å². The number of ether oxygens (including phenoxy) is 3. The topological polar surface area (TPSA) is 53.7 Å². The zero-order valence-electron chi connectivity index (χ0n) is 10.4. The summed E-state index contributed by atoms with van der Waals surface area (Å²) in [5.74, 6) is 2.19. The molecule has 1 aliphatic rings. The quantitative estimate of drug-likeness (QED) is 0.870. The SMILES string of the molecule is COc1cc(CC(C)N)cc2c1OCCCO2. The van der Waals surface area contributed by atoms with Crippen LogP contribution < -0.4 is 19.9 Å². The van der Waals surface area contributed by atoms with E-state index in [1.165, 1.54) is 0 Å². The molecule has 0 spiro atoms. The fourth-order valence-corrected chi connectivity index (χ4v) is 1.94. The number of rotatable bonds is 3. The van der Waals surface area contributed by atoms with Crippen molar-refractivity contribution in [1.82, 2.24) is 0 Å². The van der Waals surface area contributed by atoms with Crippen LogP contribution >= 0.6 is 0 Å². The summed E-state index contributed by atoms with van der Waals surface area (Å²) in [5, 5.41) is 0. The van der Waals surface area contributed by atoms with E-state index >= 15 is 0 Å². The van der Waals surface area contributed by atoms with E-state index in [1.807, 2.05) is 19.1 Å². The summed E-state index contributed by atoms with van der Waals surface area (Å²) < 4.78 is 16.7. The van der Waals surface area contributed by atoms with Crippen LogP contribution in [0.15, 0.2) is 12.1 Å². The first-order valence-corrected chi connectivity index (χ1v) is 5.93. The second kappa shape index (κ2) is 5.27. The van der Waals surface area contributed by atoms with Gasteiger partial charge in [-0.2, -0.15) is 0 Å². The Morgan fingerprint density at radius 1 is 1.35 bits per heavy atom. The highest BCUT2D eigenvalue weighted by atomic mass is 16.5.